The highest BCUT2D eigenvalue weighted by Crippen LogP contribution is 2.39. The molecule has 1 nitrogen and oxygen atoms in total. The SMILES string of the molecule is CCCCC1(C)CCCCC1.N. The molecular weight excluding hydrogens is 146 g/mol. The van der Waals surface area contributed by atoms with Crippen molar-refractivity contribution in [2.24, 2.45) is 5.41 Å². The molecule has 0 amide bonds. The van der Waals surface area contributed by atoms with E-state index in [4.69, 9.17) is 0 Å². The van der Waals surface area contributed by atoms with Crippen molar-refractivity contribution in [3.63, 3.8) is 0 Å². The van der Waals surface area contributed by atoms with E-state index in [1.807, 2.05) is 0 Å². The molecule has 0 unspecified atom stereocenters. The van der Waals surface area contributed by atoms with Crippen LogP contribution in [0.25, 0.3) is 0 Å². The van der Waals surface area contributed by atoms with E-state index in [1.54, 1.807) is 0 Å². The lowest BCUT2D eigenvalue weighted by atomic mass is 9.73. The van der Waals surface area contributed by atoms with Gasteiger partial charge in [-0.15, -0.1) is 0 Å². The van der Waals surface area contributed by atoms with E-state index in [-0.39, 0.29) is 6.15 Å². The van der Waals surface area contributed by atoms with E-state index in [2.05, 4.69) is 13.8 Å². The van der Waals surface area contributed by atoms with Gasteiger partial charge in [0.15, 0.2) is 0 Å². The Labute approximate surface area is 77.5 Å². The minimum Gasteiger partial charge on any atom is -0.344 e. The van der Waals surface area contributed by atoms with Crippen molar-refractivity contribution < 1.29 is 0 Å². The summed E-state index contributed by atoms with van der Waals surface area (Å²) >= 11 is 0. The molecule has 0 spiro atoms. The molecule has 12 heavy (non-hydrogen) atoms. The normalized spacial score (nSPS) is 21.5. The molecule has 1 aliphatic carbocycles. The Kier molecular flexibility index (Phi) is 5.56. The van der Waals surface area contributed by atoms with Crippen LogP contribution in [0.15, 0.2) is 0 Å². The molecule has 3 N–H and O–H groups in total. The molecule has 1 heteroatoms. The second-order valence-corrected chi connectivity index (χ2v) is 4.47. The van der Waals surface area contributed by atoms with Gasteiger partial charge in [-0.1, -0.05) is 46.0 Å². The molecule has 0 aromatic rings. The molecular formula is C11H25N. The Morgan fingerprint density at radius 2 is 1.67 bits per heavy atom. The largest absolute Gasteiger partial charge is 0.344 e. The first kappa shape index (κ1) is 12.0. The third kappa shape index (κ3) is 3.57. The lowest BCUT2D eigenvalue weighted by Crippen LogP contribution is -2.19. The third-order valence-electron chi connectivity index (χ3n) is 3.19. The maximum atomic E-state index is 2.49. The zero-order valence-electron chi connectivity index (χ0n) is 8.86. The highest BCUT2D eigenvalue weighted by Gasteiger charge is 2.25. The molecule has 0 radical (unpaired) electrons. The van der Waals surface area contributed by atoms with Crippen LogP contribution in [0.1, 0.15) is 65.2 Å². The predicted octanol–water partition coefficient (Wildman–Crippen LogP) is 4.31. The zero-order valence-corrected chi connectivity index (χ0v) is 8.86. The summed E-state index contributed by atoms with van der Waals surface area (Å²) in [6.07, 6.45) is 11.7. The van der Waals surface area contributed by atoms with E-state index in [0.29, 0.717) is 0 Å². The third-order valence-corrected chi connectivity index (χ3v) is 3.19. The van der Waals surface area contributed by atoms with Crippen LogP contribution >= 0.6 is 0 Å². The maximum Gasteiger partial charge on any atom is -0.0326 e. The highest BCUT2D eigenvalue weighted by atomic mass is 14.3. The van der Waals surface area contributed by atoms with Crippen LogP contribution in [-0.2, 0) is 0 Å². The minimum absolute atomic E-state index is 0. The molecule has 74 valence electrons. The van der Waals surface area contributed by atoms with Crippen molar-refractivity contribution in [1.82, 2.24) is 6.15 Å². The van der Waals surface area contributed by atoms with Gasteiger partial charge in [0.05, 0.1) is 0 Å². The second kappa shape index (κ2) is 5.58. The molecule has 1 saturated carbocycles. The number of unbranched alkanes of at least 4 members (excludes halogenated alkanes) is 1. The first-order chi connectivity index (χ1) is 5.27. The van der Waals surface area contributed by atoms with Crippen LogP contribution in [-0.4, -0.2) is 0 Å². The van der Waals surface area contributed by atoms with E-state index in [1.165, 1.54) is 51.4 Å². The Morgan fingerprint density at radius 3 is 2.17 bits per heavy atom. The van der Waals surface area contributed by atoms with Gasteiger partial charge in [0.2, 0.25) is 0 Å². The first-order valence-corrected chi connectivity index (χ1v) is 5.27. The summed E-state index contributed by atoms with van der Waals surface area (Å²) in [5, 5.41) is 0. The van der Waals surface area contributed by atoms with Crippen LogP contribution in [0.2, 0.25) is 0 Å². The fourth-order valence-corrected chi connectivity index (χ4v) is 2.26. The molecule has 0 aromatic carbocycles. The summed E-state index contributed by atoms with van der Waals surface area (Å²) in [7, 11) is 0. The smallest absolute Gasteiger partial charge is 0.0326 e. The van der Waals surface area contributed by atoms with Crippen LogP contribution in [0.3, 0.4) is 0 Å². The Morgan fingerprint density at radius 1 is 1.08 bits per heavy atom. The van der Waals surface area contributed by atoms with Crippen LogP contribution in [0.4, 0.5) is 0 Å². The average Bonchev–Trinajstić information content (AvgIpc) is 2.03. The van der Waals surface area contributed by atoms with Crippen molar-refractivity contribution >= 4 is 0 Å². The van der Waals surface area contributed by atoms with Crippen molar-refractivity contribution in [3.8, 4) is 0 Å². The second-order valence-electron chi connectivity index (χ2n) is 4.47. The van der Waals surface area contributed by atoms with Gasteiger partial charge in [-0.2, -0.15) is 0 Å². The monoisotopic (exact) mass is 171 g/mol. The fraction of sp³-hybridized carbons (Fsp3) is 1.00. The van der Waals surface area contributed by atoms with Crippen LogP contribution in [0.5, 0.6) is 0 Å². The molecule has 0 bridgehead atoms. The van der Waals surface area contributed by atoms with Gasteiger partial charge in [-0.25, -0.2) is 0 Å². The fourth-order valence-electron chi connectivity index (χ4n) is 2.26. The van der Waals surface area contributed by atoms with Gasteiger partial charge in [-0.3, -0.25) is 0 Å². The summed E-state index contributed by atoms with van der Waals surface area (Å²) < 4.78 is 0. The molecule has 1 aliphatic rings. The van der Waals surface area contributed by atoms with E-state index < -0.39 is 0 Å². The van der Waals surface area contributed by atoms with Gasteiger partial charge in [0, 0.05) is 0 Å². The standard InChI is InChI=1S/C11H22.H3N/c1-3-4-8-11(2)9-6-5-7-10-11;/h3-10H2,1-2H3;1H3. The number of hydrogen-bond acceptors (Lipinski definition) is 1. The highest BCUT2D eigenvalue weighted by molar-refractivity contribution is 4.77. The first-order valence-electron chi connectivity index (χ1n) is 5.27. The van der Waals surface area contributed by atoms with Gasteiger partial charge in [-0.05, 0) is 24.7 Å². The van der Waals surface area contributed by atoms with E-state index in [9.17, 15) is 0 Å². The molecule has 0 atom stereocenters. The van der Waals surface area contributed by atoms with E-state index in [0.717, 1.165) is 5.41 Å². The summed E-state index contributed by atoms with van der Waals surface area (Å²) in [5.41, 5.74) is 0.730. The van der Waals surface area contributed by atoms with Crippen molar-refractivity contribution in [3.05, 3.63) is 0 Å². The van der Waals surface area contributed by atoms with Crippen LogP contribution < -0.4 is 6.15 Å². The molecule has 0 heterocycles. The molecule has 1 rings (SSSR count). The lowest BCUT2D eigenvalue weighted by molar-refractivity contribution is 0.194. The molecule has 1 fully saturated rings. The molecule has 0 aromatic heterocycles. The summed E-state index contributed by atoms with van der Waals surface area (Å²) in [5.74, 6) is 0. The number of rotatable bonds is 3. The van der Waals surface area contributed by atoms with Gasteiger partial charge in [0.25, 0.3) is 0 Å². The van der Waals surface area contributed by atoms with Crippen molar-refractivity contribution in [2.45, 2.75) is 65.2 Å². The minimum atomic E-state index is 0. The lowest BCUT2D eigenvalue weighted by Gasteiger charge is -2.33. The Balaban J connectivity index is 0.00000121. The topological polar surface area (TPSA) is 35.0 Å². The van der Waals surface area contributed by atoms with Crippen molar-refractivity contribution in [2.75, 3.05) is 0 Å². The van der Waals surface area contributed by atoms with Gasteiger partial charge in [0.1, 0.15) is 0 Å². The molecule has 0 saturated heterocycles. The Hall–Kier alpha value is -0.0400. The summed E-state index contributed by atoms with van der Waals surface area (Å²) in [6, 6.07) is 0. The Bertz CT molecular complexity index is 104. The van der Waals surface area contributed by atoms with E-state index >= 15 is 0 Å². The quantitative estimate of drug-likeness (QED) is 0.674. The average molecular weight is 171 g/mol. The summed E-state index contributed by atoms with van der Waals surface area (Å²) in [4.78, 5) is 0. The predicted molar refractivity (Wildman–Crippen MR) is 55.7 cm³/mol. The molecule has 0 aliphatic heterocycles. The summed E-state index contributed by atoms with van der Waals surface area (Å²) in [6.45, 7) is 4.79. The zero-order chi connectivity index (χ0) is 8.16. The van der Waals surface area contributed by atoms with Crippen LogP contribution in [0, 0.1) is 5.41 Å². The van der Waals surface area contributed by atoms with Gasteiger partial charge >= 0.3 is 0 Å². The maximum absolute atomic E-state index is 2.49. The van der Waals surface area contributed by atoms with Crippen molar-refractivity contribution in [1.29, 1.82) is 0 Å². The van der Waals surface area contributed by atoms with Gasteiger partial charge < -0.3 is 6.15 Å². The number of hydrogen-bond donors (Lipinski definition) is 1.